The second kappa shape index (κ2) is 8.43. The first kappa shape index (κ1) is 21.8. The average molecular weight is 439 g/mol. The molecule has 1 aromatic heterocycles. The van der Waals surface area contributed by atoms with E-state index in [1.54, 1.807) is 44.2 Å². The Labute approximate surface area is 172 Å². The molecule has 0 saturated heterocycles. The zero-order valence-electron chi connectivity index (χ0n) is 16.3. The summed E-state index contributed by atoms with van der Waals surface area (Å²) < 4.78 is 77.7. The van der Waals surface area contributed by atoms with Gasteiger partial charge < -0.3 is 9.15 Å². The number of sulfonamides is 1. The highest BCUT2D eigenvalue weighted by Gasteiger charge is 2.35. The smallest absolute Gasteiger partial charge is 0.416 e. The maximum atomic E-state index is 13.3. The zero-order valence-corrected chi connectivity index (χ0v) is 17.1. The van der Waals surface area contributed by atoms with Crippen LogP contribution in [0.2, 0.25) is 0 Å². The number of halogens is 3. The van der Waals surface area contributed by atoms with Crippen LogP contribution in [-0.2, 0) is 22.8 Å². The van der Waals surface area contributed by atoms with Crippen LogP contribution in [0, 0.1) is 0 Å². The minimum absolute atomic E-state index is 0.00895. The molecular formula is C21H20F3NO4S. The molecule has 3 rings (SSSR count). The Morgan fingerprint density at radius 3 is 2.30 bits per heavy atom. The van der Waals surface area contributed by atoms with E-state index < -0.39 is 27.8 Å². The zero-order chi connectivity index (χ0) is 21.9. The lowest BCUT2D eigenvalue weighted by Gasteiger charge is -2.29. The fourth-order valence-electron chi connectivity index (χ4n) is 2.92. The summed E-state index contributed by atoms with van der Waals surface area (Å²) in [5.74, 6) is -0.197. The highest BCUT2D eigenvalue weighted by atomic mass is 32.2. The number of anilines is 1. The van der Waals surface area contributed by atoms with Crippen molar-refractivity contribution in [2.45, 2.75) is 37.8 Å². The van der Waals surface area contributed by atoms with Crippen molar-refractivity contribution in [3.63, 3.8) is 0 Å². The first-order valence-electron chi connectivity index (χ1n) is 9.06. The van der Waals surface area contributed by atoms with Crippen molar-refractivity contribution < 1.29 is 30.7 Å². The SMILES string of the molecule is CC(C)N(c1ccc(C(F)(F)F)cc1OCc1ccccc1)S(=O)(=O)c1ccco1. The molecule has 0 aliphatic heterocycles. The molecular weight excluding hydrogens is 419 g/mol. The van der Waals surface area contributed by atoms with Gasteiger partial charge in [0.05, 0.1) is 17.5 Å². The second-order valence-corrected chi connectivity index (χ2v) is 8.53. The summed E-state index contributed by atoms with van der Waals surface area (Å²) in [6.07, 6.45) is -3.39. The van der Waals surface area contributed by atoms with Crippen LogP contribution in [0.5, 0.6) is 5.75 Å². The van der Waals surface area contributed by atoms with E-state index in [0.717, 1.165) is 28.1 Å². The molecule has 0 bridgehead atoms. The summed E-state index contributed by atoms with van der Waals surface area (Å²) >= 11 is 0. The topological polar surface area (TPSA) is 59.8 Å². The van der Waals surface area contributed by atoms with Gasteiger partial charge in [-0.1, -0.05) is 30.3 Å². The standard InChI is InChI=1S/C21H20F3NO4S/c1-15(2)25(30(26,27)20-9-6-12-28-20)18-11-10-17(21(22,23)24)13-19(18)29-14-16-7-4-3-5-8-16/h3-13,15H,14H2,1-2H3. The number of hydrogen-bond donors (Lipinski definition) is 0. The Morgan fingerprint density at radius 2 is 1.73 bits per heavy atom. The molecule has 5 nitrogen and oxygen atoms in total. The van der Waals surface area contributed by atoms with Gasteiger partial charge in [-0.25, -0.2) is 0 Å². The van der Waals surface area contributed by atoms with Crippen molar-refractivity contribution in [1.29, 1.82) is 0 Å². The van der Waals surface area contributed by atoms with E-state index in [-0.39, 0.29) is 23.1 Å². The normalized spacial score (nSPS) is 12.2. The third-order valence-electron chi connectivity index (χ3n) is 4.24. The average Bonchev–Trinajstić information content (AvgIpc) is 3.22. The van der Waals surface area contributed by atoms with E-state index in [9.17, 15) is 21.6 Å². The van der Waals surface area contributed by atoms with Crippen LogP contribution in [0.15, 0.2) is 76.4 Å². The number of hydrogen-bond acceptors (Lipinski definition) is 4. The fraction of sp³-hybridized carbons (Fsp3) is 0.238. The highest BCUT2D eigenvalue weighted by Crippen LogP contribution is 2.39. The van der Waals surface area contributed by atoms with Gasteiger partial charge >= 0.3 is 6.18 Å². The van der Waals surface area contributed by atoms with E-state index in [1.165, 1.54) is 18.4 Å². The molecule has 1 heterocycles. The monoisotopic (exact) mass is 439 g/mol. The van der Waals surface area contributed by atoms with Crippen molar-refractivity contribution in [3.8, 4) is 5.75 Å². The number of furan rings is 1. The molecule has 9 heteroatoms. The predicted octanol–water partition coefficient (Wildman–Crippen LogP) is 5.48. The Hall–Kier alpha value is -2.94. The molecule has 2 aromatic carbocycles. The molecule has 0 spiro atoms. The predicted molar refractivity (Wildman–Crippen MR) is 106 cm³/mol. The summed E-state index contributed by atoms with van der Waals surface area (Å²) in [5.41, 5.74) is -0.218. The van der Waals surface area contributed by atoms with Crippen LogP contribution in [0.1, 0.15) is 25.0 Å². The lowest BCUT2D eigenvalue weighted by atomic mass is 10.1. The lowest BCUT2D eigenvalue weighted by molar-refractivity contribution is -0.137. The van der Waals surface area contributed by atoms with Crippen LogP contribution < -0.4 is 9.04 Å². The molecule has 30 heavy (non-hydrogen) atoms. The third kappa shape index (κ3) is 4.62. The number of benzene rings is 2. The molecule has 0 aliphatic carbocycles. The molecule has 0 aliphatic rings. The van der Waals surface area contributed by atoms with Crippen LogP contribution >= 0.6 is 0 Å². The van der Waals surface area contributed by atoms with Crippen LogP contribution in [-0.4, -0.2) is 14.5 Å². The summed E-state index contributed by atoms with van der Waals surface area (Å²) in [4.78, 5) is 0. The molecule has 0 amide bonds. The summed E-state index contributed by atoms with van der Waals surface area (Å²) in [5, 5.41) is -0.315. The maximum absolute atomic E-state index is 13.3. The third-order valence-corrected chi connectivity index (χ3v) is 6.12. The van der Waals surface area contributed by atoms with Gasteiger partial charge in [0, 0.05) is 6.04 Å². The number of rotatable bonds is 7. The van der Waals surface area contributed by atoms with Crippen LogP contribution in [0.4, 0.5) is 18.9 Å². The van der Waals surface area contributed by atoms with E-state index in [0.29, 0.717) is 0 Å². The minimum atomic E-state index is -4.61. The minimum Gasteiger partial charge on any atom is -0.487 e. The molecule has 0 N–H and O–H groups in total. The lowest BCUT2D eigenvalue weighted by Crippen LogP contribution is -2.37. The Balaban J connectivity index is 2.08. The fourth-order valence-corrected chi connectivity index (χ4v) is 4.50. The van der Waals surface area contributed by atoms with E-state index in [2.05, 4.69) is 0 Å². The molecule has 0 atom stereocenters. The largest absolute Gasteiger partial charge is 0.487 e. The number of ether oxygens (including phenoxy) is 1. The van der Waals surface area contributed by atoms with E-state index in [1.807, 2.05) is 0 Å². The van der Waals surface area contributed by atoms with Gasteiger partial charge in [0.2, 0.25) is 5.09 Å². The Kier molecular flexibility index (Phi) is 6.12. The van der Waals surface area contributed by atoms with Gasteiger partial charge in [0.15, 0.2) is 0 Å². The van der Waals surface area contributed by atoms with Gasteiger partial charge in [-0.3, -0.25) is 4.31 Å². The number of nitrogens with zero attached hydrogens (tertiary/aromatic N) is 1. The second-order valence-electron chi connectivity index (χ2n) is 6.78. The molecule has 160 valence electrons. The van der Waals surface area contributed by atoms with Crippen LogP contribution in [0.3, 0.4) is 0 Å². The van der Waals surface area contributed by atoms with Crippen LogP contribution in [0.25, 0.3) is 0 Å². The highest BCUT2D eigenvalue weighted by molar-refractivity contribution is 7.92. The quantitative estimate of drug-likeness (QED) is 0.489. The summed E-state index contributed by atoms with van der Waals surface area (Å²) in [6.45, 7) is 3.19. The molecule has 3 aromatic rings. The van der Waals surface area contributed by atoms with E-state index >= 15 is 0 Å². The van der Waals surface area contributed by atoms with Gasteiger partial charge in [-0.15, -0.1) is 0 Å². The Morgan fingerprint density at radius 1 is 1.03 bits per heavy atom. The van der Waals surface area contributed by atoms with Gasteiger partial charge in [0.1, 0.15) is 12.4 Å². The maximum Gasteiger partial charge on any atom is 0.416 e. The first-order valence-corrected chi connectivity index (χ1v) is 10.5. The van der Waals surface area contributed by atoms with E-state index in [4.69, 9.17) is 9.15 Å². The molecule has 0 fully saturated rings. The molecule has 0 saturated carbocycles. The summed E-state index contributed by atoms with van der Waals surface area (Å²) in [7, 11) is -4.16. The van der Waals surface area contributed by atoms with Gasteiger partial charge in [0.25, 0.3) is 10.0 Å². The van der Waals surface area contributed by atoms with Gasteiger partial charge in [-0.2, -0.15) is 21.6 Å². The Bertz CT molecular complexity index is 1080. The van der Waals surface area contributed by atoms with Crippen molar-refractivity contribution >= 4 is 15.7 Å². The molecule has 0 radical (unpaired) electrons. The van der Waals surface area contributed by atoms with Gasteiger partial charge in [-0.05, 0) is 49.7 Å². The van der Waals surface area contributed by atoms with Crippen molar-refractivity contribution in [2.24, 2.45) is 0 Å². The van der Waals surface area contributed by atoms with Crippen molar-refractivity contribution in [2.75, 3.05) is 4.31 Å². The van der Waals surface area contributed by atoms with Crippen molar-refractivity contribution in [1.82, 2.24) is 0 Å². The number of alkyl halides is 3. The first-order chi connectivity index (χ1) is 14.1. The molecule has 0 unspecified atom stereocenters. The van der Waals surface area contributed by atoms with Crippen molar-refractivity contribution in [3.05, 3.63) is 78.1 Å². The summed E-state index contributed by atoms with van der Waals surface area (Å²) in [6, 6.07) is 13.7.